The van der Waals surface area contributed by atoms with Crippen LogP contribution in [0.5, 0.6) is 11.5 Å². The molecule has 1 aliphatic rings. The van der Waals surface area contributed by atoms with Crippen molar-refractivity contribution in [2.24, 2.45) is 0 Å². The van der Waals surface area contributed by atoms with Crippen LogP contribution >= 0.6 is 0 Å². The zero-order valence-electron chi connectivity index (χ0n) is 17.6. The van der Waals surface area contributed by atoms with E-state index in [-0.39, 0.29) is 16.1 Å². The highest BCUT2D eigenvalue weighted by atomic mass is 32.2. The van der Waals surface area contributed by atoms with Crippen molar-refractivity contribution in [1.82, 2.24) is 0 Å². The minimum Gasteiger partial charge on any atom is -0.486 e. The number of halogens is 1. The van der Waals surface area contributed by atoms with E-state index in [4.69, 9.17) is 14.2 Å². The lowest BCUT2D eigenvalue weighted by molar-refractivity contribution is -0.119. The molecule has 0 spiro atoms. The SMILES string of the molecule is O=C(COC(=O)c1ccc(NS(=O)(=O)c2ccc3c(c2)OCCO3)cc1)Nc1ccc(F)cc1. The molecule has 0 aromatic heterocycles. The molecule has 34 heavy (non-hydrogen) atoms. The number of carbonyl (C=O) groups is 2. The molecule has 0 saturated heterocycles. The standard InChI is InChI=1S/C23H19FN2O7S/c24-16-3-7-17(8-4-16)25-22(27)14-33-23(28)15-1-5-18(6-2-15)26-34(29,30)19-9-10-20-21(13-19)32-12-11-31-20/h1-10,13,26H,11-12,14H2,(H,25,27). The van der Waals surface area contributed by atoms with Crippen molar-refractivity contribution in [3.05, 3.63) is 78.1 Å². The molecule has 1 aliphatic heterocycles. The zero-order valence-corrected chi connectivity index (χ0v) is 18.4. The van der Waals surface area contributed by atoms with E-state index in [0.717, 1.165) is 0 Å². The molecule has 1 heterocycles. The summed E-state index contributed by atoms with van der Waals surface area (Å²) in [7, 11) is -3.91. The van der Waals surface area contributed by atoms with E-state index in [0.29, 0.717) is 30.4 Å². The van der Waals surface area contributed by atoms with Gasteiger partial charge >= 0.3 is 5.97 Å². The molecule has 0 fully saturated rings. The van der Waals surface area contributed by atoms with E-state index in [1.807, 2.05) is 0 Å². The van der Waals surface area contributed by atoms with Gasteiger partial charge in [0.2, 0.25) is 0 Å². The number of benzene rings is 3. The number of sulfonamides is 1. The summed E-state index contributed by atoms with van der Waals surface area (Å²) in [4.78, 5) is 24.1. The summed E-state index contributed by atoms with van der Waals surface area (Å²) < 4.78 is 56.5. The third-order valence-electron chi connectivity index (χ3n) is 4.66. The topological polar surface area (TPSA) is 120 Å². The highest BCUT2D eigenvalue weighted by molar-refractivity contribution is 7.92. The van der Waals surface area contributed by atoms with Crippen molar-refractivity contribution in [2.75, 3.05) is 29.9 Å². The Bertz CT molecular complexity index is 1310. The third kappa shape index (κ3) is 5.62. The van der Waals surface area contributed by atoms with Gasteiger partial charge in [0, 0.05) is 17.4 Å². The molecule has 0 aliphatic carbocycles. The quantitative estimate of drug-likeness (QED) is 0.492. The molecule has 0 unspecified atom stereocenters. The molecule has 0 bridgehead atoms. The molecule has 3 aromatic carbocycles. The van der Waals surface area contributed by atoms with Gasteiger partial charge in [0.25, 0.3) is 15.9 Å². The number of amides is 1. The highest BCUT2D eigenvalue weighted by Gasteiger charge is 2.20. The van der Waals surface area contributed by atoms with Crippen LogP contribution in [0.25, 0.3) is 0 Å². The van der Waals surface area contributed by atoms with Crippen LogP contribution in [-0.4, -0.2) is 40.1 Å². The summed E-state index contributed by atoms with van der Waals surface area (Å²) >= 11 is 0. The lowest BCUT2D eigenvalue weighted by Gasteiger charge is -2.19. The first-order chi connectivity index (χ1) is 16.3. The molecule has 0 saturated carbocycles. The Kier molecular flexibility index (Phi) is 6.64. The molecule has 9 nitrogen and oxygen atoms in total. The second-order valence-electron chi connectivity index (χ2n) is 7.12. The zero-order chi connectivity index (χ0) is 24.1. The van der Waals surface area contributed by atoms with Crippen LogP contribution in [0.3, 0.4) is 0 Å². The predicted molar refractivity (Wildman–Crippen MR) is 120 cm³/mol. The molecule has 11 heteroatoms. The summed E-state index contributed by atoms with van der Waals surface area (Å²) in [6, 6.07) is 14.9. The molecular formula is C23H19FN2O7S. The average Bonchev–Trinajstić information content (AvgIpc) is 2.84. The number of carbonyl (C=O) groups excluding carboxylic acids is 2. The summed E-state index contributed by atoms with van der Waals surface area (Å²) in [5, 5.41) is 2.47. The van der Waals surface area contributed by atoms with Crippen LogP contribution in [0.4, 0.5) is 15.8 Å². The Morgan fingerprint density at radius 3 is 2.24 bits per heavy atom. The fourth-order valence-corrected chi connectivity index (χ4v) is 4.10. The monoisotopic (exact) mass is 486 g/mol. The van der Waals surface area contributed by atoms with Gasteiger partial charge in [-0.1, -0.05) is 0 Å². The van der Waals surface area contributed by atoms with Gasteiger partial charge in [-0.05, 0) is 60.7 Å². The Morgan fingerprint density at radius 2 is 1.53 bits per heavy atom. The number of nitrogens with one attached hydrogen (secondary N) is 2. The fourth-order valence-electron chi connectivity index (χ4n) is 3.02. The maximum absolute atomic E-state index is 12.9. The largest absolute Gasteiger partial charge is 0.486 e. The lowest BCUT2D eigenvalue weighted by Crippen LogP contribution is -2.21. The lowest BCUT2D eigenvalue weighted by atomic mass is 10.2. The van der Waals surface area contributed by atoms with E-state index in [1.165, 1.54) is 66.7 Å². The van der Waals surface area contributed by atoms with Crippen LogP contribution in [0, 0.1) is 5.82 Å². The van der Waals surface area contributed by atoms with Crippen molar-refractivity contribution in [1.29, 1.82) is 0 Å². The second-order valence-corrected chi connectivity index (χ2v) is 8.80. The van der Waals surface area contributed by atoms with Gasteiger partial charge in [0.05, 0.1) is 10.5 Å². The molecule has 176 valence electrons. The van der Waals surface area contributed by atoms with Crippen molar-refractivity contribution in [3.8, 4) is 11.5 Å². The molecule has 0 atom stereocenters. The van der Waals surface area contributed by atoms with Crippen LogP contribution in [0.15, 0.2) is 71.6 Å². The average molecular weight is 486 g/mol. The summed E-state index contributed by atoms with van der Waals surface area (Å²) in [6.07, 6.45) is 0. The third-order valence-corrected chi connectivity index (χ3v) is 6.04. The van der Waals surface area contributed by atoms with Crippen molar-refractivity contribution < 1.29 is 36.6 Å². The number of fused-ring (bicyclic) bond motifs is 1. The molecule has 3 aromatic rings. The molecule has 4 rings (SSSR count). The van der Waals surface area contributed by atoms with Gasteiger partial charge < -0.3 is 19.5 Å². The number of anilines is 2. The normalized spacial score (nSPS) is 12.5. The van der Waals surface area contributed by atoms with E-state index in [9.17, 15) is 22.4 Å². The van der Waals surface area contributed by atoms with Gasteiger partial charge in [-0.3, -0.25) is 9.52 Å². The van der Waals surface area contributed by atoms with Crippen molar-refractivity contribution >= 4 is 33.3 Å². The number of ether oxygens (including phenoxy) is 3. The smallest absolute Gasteiger partial charge is 0.338 e. The Morgan fingerprint density at radius 1 is 0.882 bits per heavy atom. The maximum atomic E-state index is 12.9. The van der Waals surface area contributed by atoms with E-state index in [1.54, 1.807) is 0 Å². The van der Waals surface area contributed by atoms with E-state index < -0.39 is 34.3 Å². The number of hydrogen-bond acceptors (Lipinski definition) is 7. The fraction of sp³-hybridized carbons (Fsp3) is 0.130. The van der Waals surface area contributed by atoms with Gasteiger partial charge in [-0.15, -0.1) is 0 Å². The first kappa shape index (κ1) is 23.1. The van der Waals surface area contributed by atoms with Crippen molar-refractivity contribution in [2.45, 2.75) is 4.90 Å². The van der Waals surface area contributed by atoms with Crippen LogP contribution in [0.1, 0.15) is 10.4 Å². The van der Waals surface area contributed by atoms with Crippen LogP contribution < -0.4 is 19.5 Å². The van der Waals surface area contributed by atoms with E-state index >= 15 is 0 Å². The Balaban J connectivity index is 1.33. The number of esters is 1. The highest BCUT2D eigenvalue weighted by Crippen LogP contribution is 2.32. The van der Waals surface area contributed by atoms with Crippen LogP contribution in [-0.2, 0) is 19.6 Å². The van der Waals surface area contributed by atoms with Gasteiger partial charge in [0.1, 0.15) is 19.0 Å². The Hall–Kier alpha value is -4.12. The molecular weight excluding hydrogens is 467 g/mol. The van der Waals surface area contributed by atoms with Gasteiger partial charge in [0.15, 0.2) is 18.1 Å². The first-order valence-corrected chi connectivity index (χ1v) is 11.5. The predicted octanol–water partition coefficient (Wildman–Crippen LogP) is 3.19. The molecule has 0 radical (unpaired) electrons. The summed E-state index contributed by atoms with van der Waals surface area (Å²) in [5.74, 6) is -0.990. The van der Waals surface area contributed by atoms with Gasteiger partial charge in [-0.25, -0.2) is 17.6 Å². The number of rotatable bonds is 7. The Labute approximate surface area is 194 Å². The minimum atomic E-state index is -3.91. The van der Waals surface area contributed by atoms with Gasteiger partial charge in [-0.2, -0.15) is 0 Å². The van der Waals surface area contributed by atoms with Crippen LogP contribution in [0.2, 0.25) is 0 Å². The maximum Gasteiger partial charge on any atom is 0.338 e. The summed E-state index contributed by atoms with van der Waals surface area (Å²) in [5.41, 5.74) is 0.703. The molecule has 2 N–H and O–H groups in total. The minimum absolute atomic E-state index is 0.00703. The number of hydrogen-bond donors (Lipinski definition) is 2. The second kappa shape index (κ2) is 9.79. The molecule has 1 amide bonds. The van der Waals surface area contributed by atoms with E-state index in [2.05, 4.69) is 10.0 Å². The first-order valence-electron chi connectivity index (χ1n) is 10.1. The van der Waals surface area contributed by atoms with Crippen molar-refractivity contribution in [3.63, 3.8) is 0 Å². The summed E-state index contributed by atoms with van der Waals surface area (Å²) in [6.45, 7) is 0.176.